The van der Waals surface area contributed by atoms with Crippen LogP contribution in [0.15, 0.2) is 6.07 Å². The van der Waals surface area contributed by atoms with Gasteiger partial charge in [-0.2, -0.15) is 26.3 Å². The van der Waals surface area contributed by atoms with Crippen LogP contribution in [0.1, 0.15) is 23.4 Å². The molecule has 1 unspecified atom stereocenters. The van der Waals surface area contributed by atoms with E-state index in [0.29, 0.717) is 5.56 Å². The van der Waals surface area contributed by atoms with Gasteiger partial charge in [0, 0.05) is 4.88 Å². The minimum Gasteiger partial charge on any atom is -0.309 e. The molecule has 0 saturated heterocycles. The van der Waals surface area contributed by atoms with Gasteiger partial charge in [0.25, 0.3) is 0 Å². The summed E-state index contributed by atoms with van der Waals surface area (Å²) in [5.74, 6) is -3.47. The number of nitrogens with one attached hydrogen (secondary N) is 1. The molecule has 1 aromatic heterocycles. The molecule has 1 aromatic rings. The summed E-state index contributed by atoms with van der Waals surface area (Å²) in [6.07, 6.45) is -10.8. The molecule has 0 fully saturated rings. The Hall–Kier alpha value is -0.470. The second-order valence-corrected chi connectivity index (χ2v) is 5.89. The summed E-state index contributed by atoms with van der Waals surface area (Å²) in [5, 5.41) is 2.26. The molecule has 1 rings (SSSR count). The molecule has 0 saturated carbocycles. The Labute approximate surface area is 120 Å². The predicted molar refractivity (Wildman–Crippen MR) is 66.1 cm³/mol. The van der Waals surface area contributed by atoms with Crippen molar-refractivity contribution in [2.24, 2.45) is 5.92 Å². The minimum absolute atomic E-state index is 0.0259. The van der Waals surface area contributed by atoms with Crippen LogP contribution in [-0.4, -0.2) is 18.9 Å². The molecule has 1 nitrogen and oxygen atoms in total. The van der Waals surface area contributed by atoms with Crippen LogP contribution in [0.4, 0.5) is 26.3 Å². The fourth-order valence-electron chi connectivity index (χ4n) is 1.80. The quantitative estimate of drug-likeness (QED) is 0.752. The van der Waals surface area contributed by atoms with Gasteiger partial charge in [0.2, 0.25) is 0 Å². The Kier molecular flexibility index (Phi) is 5.37. The normalized spacial score (nSPS) is 14.9. The van der Waals surface area contributed by atoms with Gasteiger partial charge in [0.1, 0.15) is 0 Å². The van der Waals surface area contributed by atoms with Crippen LogP contribution in [0.3, 0.4) is 0 Å². The third-order valence-corrected chi connectivity index (χ3v) is 4.28. The Morgan fingerprint density at radius 3 is 2.00 bits per heavy atom. The summed E-state index contributed by atoms with van der Waals surface area (Å²) in [5.41, 5.74) is 0.456. The molecular weight excluding hydrogens is 328 g/mol. The summed E-state index contributed by atoms with van der Waals surface area (Å²) < 4.78 is 77.0. The Morgan fingerprint density at radius 1 is 1.20 bits per heavy atom. The number of alkyl halides is 6. The first kappa shape index (κ1) is 17.6. The first-order valence-electron chi connectivity index (χ1n) is 5.61. The monoisotopic (exact) mass is 339 g/mol. The highest BCUT2D eigenvalue weighted by Crippen LogP contribution is 2.48. The van der Waals surface area contributed by atoms with Crippen molar-refractivity contribution < 1.29 is 26.3 Å². The van der Waals surface area contributed by atoms with E-state index in [1.165, 1.54) is 19.9 Å². The van der Waals surface area contributed by atoms with Gasteiger partial charge in [-0.25, -0.2) is 0 Å². The highest BCUT2D eigenvalue weighted by atomic mass is 35.5. The van der Waals surface area contributed by atoms with Crippen molar-refractivity contribution in [3.05, 3.63) is 20.8 Å². The van der Waals surface area contributed by atoms with E-state index in [4.69, 9.17) is 11.6 Å². The molecule has 0 aliphatic heterocycles. The van der Waals surface area contributed by atoms with E-state index < -0.39 is 24.3 Å². The Balaban J connectivity index is 3.28. The van der Waals surface area contributed by atoms with Crippen molar-refractivity contribution >= 4 is 22.9 Å². The van der Waals surface area contributed by atoms with E-state index in [1.807, 2.05) is 0 Å². The van der Waals surface area contributed by atoms with Crippen molar-refractivity contribution in [2.75, 3.05) is 6.54 Å². The maximum absolute atomic E-state index is 12.8. The third kappa shape index (κ3) is 4.02. The molecular formula is C11H12ClF6NS. The van der Waals surface area contributed by atoms with E-state index in [-0.39, 0.29) is 15.8 Å². The molecule has 1 atom stereocenters. The number of aryl methyl sites for hydroxylation is 1. The predicted octanol–water partition coefficient (Wildman–Crippen LogP) is 5.10. The van der Waals surface area contributed by atoms with Gasteiger partial charge in [-0.3, -0.25) is 0 Å². The van der Waals surface area contributed by atoms with E-state index in [1.54, 1.807) is 0 Å². The summed E-state index contributed by atoms with van der Waals surface area (Å²) in [4.78, 5) is -0.0750. The zero-order valence-electron chi connectivity index (χ0n) is 10.5. The lowest BCUT2D eigenvalue weighted by Gasteiger charge is -2.30. The zero-order chi connectivity index (χ0) is 15.7. The number of rotatable bonds is 4. The molecule has 1 N–H and O–H groups in total. The Morgan fingerprint density at radius 2 is 1.70 bits per heavy atom. The van der Waals surface area contributed by atoms with E-state index in [9.17, 15) is 26.3 Å². The first-order valence-corrected chi connectivity index (χ1v) is 6.80. The Bertz CT molecular complexity index is 419. The molecule has 0 spiro atoms. The van der Waals surface area contributed by atoms with Gasteiger partial charge in [-0.05, 0) is 25.1 Å². The van der Waals surface area contributed by atoms with Crippen LogP contribution in [0.2, 0.25) is 4.34 Å². The van der Waals surface area contributed by atoms with E-state index in [0.717, 1.165) is 11.3 Å². The largest absolute Gasteiger partial charge is 0.402 e. The van der Waals surface area contributed by atoms with Crippen LogP contribution >= 0.6 is 22.9 Å². The molecule has 116 valence electrons. The summed E-state index contributed by atoms with van der Waals surface area (Å²) in [7, 11) is 0. The summed E-state index contributed by atoms with van der Waals surface area (Å²) in [6.45, 7) is 2.95. The number of hydrogen-bond acceptors (Lipinski definition) is 2. The van der Waals surface area contributed by atoms with Gasteiger partial charge in [0.05, 0.1) is 10.4 Å². The van der Waals surface area contributed by atoms with Crippen molar-refractivity contribution in [1.82, 2.24) is 5.32 Å². The van der Waals surface area contributed by atoms with Gasteiger partial charge < -0.3 is 5.32 Å². The van der Waals surface area contributed by atoms with E-state index in [2.05, 4.69) is 5.32 Å². The molecule has 0 amide bonds. The van der Waals surface area contributed by atoms with E-state index >= 15 is 0 Å². The fraction of sp³-hybridized carbons (Fsp3) is 0.636. The maximum Gasteiger partial charge on any atom is 0.402 e. The molecule has 0 aliphatic carbocycles. The molecule has 0 radical (unpaired) electrons. The van der Waals surface area contributed by atoms with Crippen LogP contribution in [-0.2, 0) is 0 Å². The lowest BCUT2D eigenvalue weighted by atomic mass is 9.96. The highest BCUT2D eigenvalue weighted by Gasteiger charge is 2.60. The van der Waals surface area contributed by atoms with Gasteiger partial charge in [-0.1, -0.05) is 18.5 Å². The minimum atomic E-state index is -5.39. The van der Waals surface area contributed by atoms with Crippen molar-refractivity contribution in [1.29, 1.82) is 0 Å². The van der Waals surface area contributed by atoms with Crippen LogP contribution < -0.4 is 5.32 Å². The molecule has 0 bridgehead atoms. The van der Waals surface area contributed by atoms with Gasteiger partial charge in [-0.15, -0.1) is 11.3 Å². The summed E-state index contributed by atoms with van der Waals surface area (Å²) >= 11 is 6.46. The zero-order valence-corrected chi connectivity index (χ0v) is 12.1. The molecule has 9 heteroatoms. The first-order chi connectivity index (χ1) is 8.98. The SMILES string of the molecule is CCNC(c1cc(C)c(Cl)s1)C(C(F)(F)F)C(F)(F)F. The van der Waals surface area contributed by atoms with Gasteiger partial charge >= 0.3 is 12.4 Å². The van der Waals surface area contributed by atoms with Gasteiger partial charge in [0.15, 0.2) is 5.92 Å². The molecule has 0 aromatic carbocycles. The van der Waals surface area contributed by atoms with Crippen LogP contribution in [0.25, 0.3) is 0 Å². The van der Waals surface area contributed by atoms with Crippen molar-refractivity contribution in [3.8, 4) is 0 Å². The number of halogens is 7. The smallest absolute Gasteiger partial charge is 0.309 e. The third-order valence-electron chi connectivity index (χ3n) is 2.65. The fourth-order valence-corrected chi connectivity index (χ4v) is 3.13. The second kappa shape index (κ2) is 6.11. The molecule has 0 aliphatic rings. The highest BCUT2D eigenvalue weighted by molar-refractivity contribution is 7.16. The average Bonchev–Trinajstić information content (AvgIpc) is 2.54. The summed E-state index contributed by atoms with van der Waals surface area (Å²) in [6, 6.07) is -0.638. The van der Waals surface area contributed by atoms with Crippen LogP contribution in [0, 0.1) is 12.8 Å². The lowest BCUT2D eigenvalue weighted by Crippen LogP contribution is -2.45. The van der Waals surface area contributed by atoms with Crippen molar-refractivity contribution in [2.45, 2.75) is 32.2 Å². The molecule has 1 heterocycles. The maximum atomic E-state index is 12.8. The topological polar surface area (TPSA) is 12.0 Å². The number of hydrogen-bond donors (Lipinski definition) is 1. The molecule has 20 heavy (non-hydrogen) atoms. The van der Waals surface area contributed by atoms with Crippen molar-refractivity contribution in [3.63, 3.8) is 0 Å². The average molecular weight is 340 g/mol. The van der Waals surface area contributed by atoms with Crippen LogP contribution in [0.5, 0.6) is 0 Å². The standard InChI is InChI=1S/C11H12ClF6NS/c1-3-19-7(6-4-5(2)9(12)20-6)8(10(13,14)15)11(16,17)18/h4,7-8,19H,3H2,1-2H3. The number of thiophene rings is 1. The lowest BCUT2D eigenvalue weighted by molar-refractivity contribution is -0.292. The second-order valence-electron chi connectivity index (χ2n) is 4.20.